The quantitative estimate of drug-likeness (QED) is 0.639. The first-order chi connectivity index (χ1) is 5.59. The van der Waals surface area contributed by atoms with Crippen LogP contribution in [0.5, 0.6) is 0 Å². The van der Waals surface area contributed by atoms with Crippen LogP contribution < -0.4 is 0 Å². The molecular weight excluding hydrogens is 313 g/mol. The average molecular weight is 319 g/mol. The van der Waals surface area contributed by atoms with Gasteiger partial charge in [0.2, 0.25) is 0 Å². The van der Waals surface area contributed by atoms with E-state index < -0.39 is 12.0 Å². The van der Waals surface area contributed by atoms with Crippen LogP contribution in [0.4, 0.5) is 0 Å². The molecule has 0 heterocycles. The van der Waals surface area contributed by atoms with Gasteiger partial charge in [-0.05, 0) is 0 Å². The number of carboxylic acid groups (broad SMARTS) is 1. The molecule has 12 heavy (non-hydrogen) atoms. The summed E-state index contributed by atoms with van der Waals surface area (Å²) >= 11 is 5.91. The Morgan fingerprint density at radius 1 is 1.67 bits per heavy atom. The predicted molar refractivity (Wildman–Crippen MR) is 51.8 cm³/mol. The van der Waals surface area contributed by atoms with E-state index in [0.717, 1.165) is 0 Å². The molecule has 0 spiro atoms. The molecule has 0 aromatic heterocycles. The Morgan fingerprint density at radius 3 is 2.58 bits per heavy atom. The summed E-state index contributed by atoms with van der Waals surface area (Å²) in [5.41, 5.74) is 2.47. The average Bonchev–Trinajstić information content (AvgIpc) is 1.96. The number of hydrogen-bond donors (Lipinski definition) is 1. The molecule has 0 rings (SSSR count). The van der Waals surface area contributed by atoms with E-state index in [-0.39, 0.29) is 7.92 Å². The minimum atomic E-state index is -0.951. The molecule has 0 aliphatic heterocycles. The molecule has 0 fully saturated rings. The van der Waals surface area contributed by atoms with Crippen molar-refractivity contribution in [3.05, 3.63) is 0 Å². The first-order valence-corrected chi connectivity index (χ1v) is 5.21. The number of halogens is 2. The van der Waals surface area contributed by atoms with Crippen molar-refractivity contribution in [2.45, 2.75) is 18.9 Å². The van der Waals surface area contributed by atoms with Crippen LogP contribution in [-0.4, -0.2) is 20.1 Å². The molecular formula is C5H6Br2NO3P. The van der Waals surface area contributed by atoms with Gasteiger partial charge in [-0.3, -0.25) is 0 Å². The maximum absolute atomic E-state index is 10.5. The third-order valence-electron chi connectivity index (χ3n) is 1.11. The van der Waals surface area contributed by atoms with Gasteiger partial charge in [-0.2, -0.15) is 0 Å². The first-order valence-electron chi connectivity index (χ1n) is 2.98. The molecule has 0 aromatic carbocycles. The molecule has 0 amide bonds. The standard InChI is InChI=1S/C5H6Br2NO3P/c6-8(7)4(5(9)10)2-1-3-12-11/h4H,1-2H2,(H,9,10). The second kappa shape index (κ2) is 6.87. The van der Waals surface area contributed by atoms with E-state index in [1.54, 1.807) is 0 Å². The van der Waals surface area contributed by atoms with E-state index in [1.165, 1.54) is 2.95 Å². The molecule has 0 saturated carbocycles. The van der Waals surface area contributed by atoms with Gasteiger partial charge >= 0.3 is 88.1 Å². The Hall–Kier alpha value is 0.400. The molecule has 68 valence electrons. The van der Waals surface area contributed by atoms with Crippen LogP contribution in [0.15, 0.2) is 0 Å². The Morgan fingerprint density at radius 2 is 2.25 bits per heavy atom. The van der Waals surface area contributed by atoms with Crippen molar-refractivity contribution in [3.8, 4) is 5.63 Å². The van der Waals surface area contributed by atoms with Crippen LogP contribution >= 0.6 is 40.2 Å². The summed E-state index contributed by atoms with van der Waals surface area (Å²) in [5.74, 6) is -0.951. The molecule has 0 aliphatic carbocycles. The van der Waals surface area contributed by atoms with E-state index in [1.807, 2.05) is 0 Å². The normalized spacial score (nSPS) is 12.2. The molecule has 0 saturated heterocycles. The number of carbonyl (C=O) groups is 1. The van der Waals surface area contributed by atoms with Gasteiger partial charge in [0.1, 0.15) is 0 Å². The van der Waals surface area contributed by atoms with Crippen molar-refractivity contribution in [1.29, 1.82) is 0 Å². The topological polar surface area (TPSA) is 57.6 Å². The fourth-order valence-corrected chi connectivity index (χ4v) is 1.53. The van der Waals surface area contributed by atoms with Crippen molar-refractivity contribution in [3.63, 3.8) is 0 Å². The second-order valence-electron chi connectivity index (χ2n) is 1.90. The minimum absolute atomic E-state index is 0.186. The Labute approximate surface area is 88.1 Å². The van der Waals surface area contributed by atoms with Crippen molar-refractivity contribution >= 4 is 46.2 Å². The zero-order valence-electron chi connectivity index (χ0n) is 5.91. The molecule has 0 aliphatic rings. The maximum atomic E-state index is 10.5. The number of aliphatic carboxylic acids is 1. The van der Waals surface area contributed by atoms with Gasteiger partial charge < -0.3 is 0 Å². The first kappa shape index (κ1) is 12.4. The van der Waals surface area contributed by atoms with E-state index in [2.05, 4.69) is 37.9 Å². The second-order valence-corrected chi connectivity index (χ2v) is 4.88. The summed E-state index contributed by atoms with van der Waals surface area (Å²) in [6.07, 6.45) is 0.719. The molecule has 0 aromatic rings. The monoisotopic (exact) mass is 317 g/mol. The van der Waals surface area contributed by atoms with E-state index in [4.69, 9.17) is 5.11 Å². The summed E-state index contributed by atoms with van der Waals surface area (Å²) in [7, 11) is -0.186. The fraction of sp³-hybridized carbons (Fsp3) is 0.600. The van der Waals surface area contributed by atoms with Gasteiger partial charge in [0.25, 0.3) is 0 Å². The van der Waals surface area contributed by atoms with Gasteiger partial charge in [-0.25, -0.2) is 0 Å². The number of carboxylic acids is 1. The molecule has 1 N–H and O–H groups in total. The zero-order valence-corrected chi connectivity index (χ0v) is 9.97. The Balaban J connectivity index is 4.02. The molecule has 7 heteroatoms. The Kier molecular flexibility index (Phi) is 7.10. The molecule has 1 unspecified atom stereocenters. The fourth-order valence-electron chi connectivity index (χ4n) is 0.551. The molecule has 4 nitrogen and oxygen atoms in total. The predicted octanol–water partition coefficient (Wildman–Crippen LogP) is 2.39. The van der Waals surface area contributed by atoms with Crippen molar-refractivity contribution in [1.82, 2.24) is 2.95 Å². The van der Waals surface area contributed by atoms with Crippen LogP contribution in [0.1, 0.15) is 12.8 Å². The van der Waals surface area contributed by atoms with Crippen molar-refractivity contribution < 1.29 is 14.5 Å². The van der Waals surface area contributed by atoms with Crippen LogP contribution in [0.25, 0.3) is 0 Å². The van der Waals surface area contributed by atoms with E-state index >= 15 is 0 Å². The summed E-state index contributed by atoms with van der Waals surface area (Å²) in [6, 6.07) is -0.681. The van der Waals surface area contributed by atoms with Crippen LogP contribution in [0.3, 0.4) is 0 Å². The molecule has 0 radical (unpaired) electrons. The summed E-state index contributed by atoms with van der Waals surface area (Å²) < 4.78 is 11.2. The number of rotatable bonds is 4. The van der Waals surface area contributed by atoms with Gasteiger partial charge in [0.15, 0.2) is 0 Å². The van der Waals surface area contributed by atoms with Gasteiger partial charge in [-0.1, -0.05) is 0 Å². The summed E-state index contributed by atoms with van der Waals surface area (Å²) in [5, 5.41) is 8.63. The van der Waals surface area contributed by atoms with E-state index in [0.29, 0.717) is 12.8 Å². The number of nitrogens with zero attached hydrogens (tertiary/aromatic N) is 1. The van der Waals surface area contributed by atoms with Crippen molar-refractivity contribution in [2.75, 3.05) is 0 Å². The van der Waals surface area contributed by atoms with Gasteiger partial charge in [0, 0.05) is 0 Å². The van der Waals surface area contributed by atoms with Gasteiger partial charge in [0.05, 0.1) is 0 Å². The van der Waals surface area contributed by atoms with Crippen LogP contribution in [0, 0.1) is 5.63 Å². The third kappa shape index (κ3) is 5.12. The van der Waals surface area contributed by atoms with E-state index in [9.17, 15) is 9.36 Å². The third-order valence-corrected chi connectivity index (χ3v) is 2.46. The number of hydrogen-bond acceptors (Lipinski definition) is 3. The van der Waals surface area contributed by atoms with Gasteiger partial charge in [-0.15, -0.1) is 0 Å². The Bertz CT molecular complexity index is 250. The SMILES string of the molecule is O=P#CCCC(C(=O)O)N(Br)Br. The summed E-state index contributed by atoms with van der Waals surface area (Å²) in [4.78, 5) is 10.5. The summed E-state index contributed by atoms with van der Waals surface area (Å²) in [6.45, 7) is 0. The zero-order chi connectivity index (χ0) is 9.56. The molecule has 0 bridgehead atoms. The van der Waals surface area contributed by atoms with Crippen LogP contribution in [-0.2, 0) is 9.36 Å². The van der Waals surface area contributed by atoms with Crippen LogP contribution in [0.2, 0.25) is 0 Å². The van der Waals surface area contributed by atoms with Crippen molar-refractivity contribution in [2.24, 2.45) is 0 Å². The molecule has 1 atom stereocenters.